The fraction of sp³-hybridized carbons (Fsp3) is 0.357. The summed E-state index contributed by atoms with van der Waals surface area (Å²) >= 11 is 0. The maximum Gasteiger partial charge on any atom is 0.244 e. The lowest BCUT2D eigenvalue weighted by Gasteiger charge is -2.25. The number of nitrogens with one attached hydrogen (secondary N) is 1. The monoisotopic (exact) mass is 246 g/mol. The molecule has 0 aliphatic rings. The van der Waals surface area contributed by atoms with Gasteiger partial charge in [0.1, 0.15) is 5.58 Å². The average Bonchev–Trinajstić information content (AvgIpc) is 2.72. The molecule has 2 aromatic rings. The third-order valence-corrected chi connectivity index (χ3v) is 3.05. The highest BCUT2D eigenvalue weighted by molar-refractivity contribution is 5.93. The van der Waals surface area contributed by atoms with Gasteiger partial charge in [-0.2, -0.15) is 0 Å². The van der Waals surface area contributed by atoms with Crippen molar-refractivity contribution in [2.75, 3.05) is 14.1 Å². The number of hydrogen-bond donors (Lipinski definition) is 1. The average molecular weight is 246 g/mol. The predicted octanol–water partition coefficient (Wildman–Crippen LogP) is 2.30. The summed E-state index contributed by atoms with van der Waals surface area (Å²) in [5, 5.41) is 2.63. The zero-order valence-corrected chi connectivity index (χ0v) is 11.2. The van der Waals surface area contributed by atoms with Crippen molar-refractivity contribution in [3.05, 3.63) is 36.1 Å². The van der Waals surface area contributed by atoms with E-state index >= 15 is 0 Å². The van der Waals surface area contributed by atoms with Gasteiger partial charge in [0.2, 0.25) is 5.91 Å². The summed E-state index contributed by atoms with van der Waals surface area (Å²) in [6.07, 6.45) is 1.67. The van der Waals surface area contributed by atoms with Gasteiger partial charge in [-0.05, 0) is 19.9 Å². The number of amides is 1. The molecule has 0 bridgehead atoms. The minimum absolute atomic E-state index is 0.0564. The lowest BCUT2D eigenvalue weighted by molar-refractivity contribution is -0.129. The Labute approximate surface area is 107 Å². The Morgan fingerprint density at radius 2 is 1.94 bits per heavy atom. The van der Waals surface area contributed by atoms with Crippen LogP contribution in [0.25, 0.3) is 11.0 Å². The molecule has 0 aliphatic carbocycles. The predicted molar refractivity (Wildman–Crippen MR) is 71.1 cm³/mol. The quantitative estimate of drug-likeness (QED) is 0.845. The van der Waals surface area contributed by atoms with Crippen molar-refractivity contribution in [1.82, 2.24) is 10.4 Å². The van der Waals surface area contributed by atoms with Gasteiger partial charge in [0.25, 0.3) is 0 Å². The van der Waals surface area contributed by atoms with E-state index in [1.54, 1.807) is 25.4 Å². The molecule has 18 heavy (non-hydrogen) atoms. The third kappa shape index (κ3) is 2.11. The molecular weight excluding hydrogens is 228 g/mol. The van der Waals surface area contributed by atoms with Gasteiger partial charge in [0.15, 0.2) is 0 Å². The number of nitrogens with zero attached hydrogens (tertiary/aromatic N) is 1. The molecule has 1 amide bonds. The van der Waals surface area contributed by atoms with Crippen LogP contribution in [0, 0.1) is 0 Å². The number of furan rings is 1. The summed E-state index contributed by atoms with van der Waals surface area (Å²) in [4.78, 5) is 12.2. The Morgan fingerprint density at radius 3 is 2.61 bits per heavy atom. The van der Waals surface area contributed by atoms with Gasteiger partial charge < -0.3 is 4.42 Å². The highest BCUT2D eigenvalue weighted by Crippen LogP contribution is 2.32. The van der Waals surface area contributed by atoms with E-state index in [2.05, 4.69) is 5.43 Å². The van der Waals surface area contributed by atoms with Crippen LogP contribution in [0.4, 0.5) is 0 Å². The lowest BCUT2D eigenvalue weighted by atomic mass is 9.84. The van der Waals surface area contributed by atoms with Gasteiger partial charge in [-0.15, -0.1) is 0 Å². The van der Waals surface area contributed by atoms with Crippen LogP contribution in [0.5, 0.6) is 0 Å². The highest BCUT2D eigenvalue weighted by atomic mass is 16.3. The summed E-state index contributed by atoms with van der Waals surface area (Å²) < 4.78 is 5.50. The van der Waals surface area contributed by atoms with Crippen molar-refractivity contribution in [3.63, 3.8) is 0 Å². The number of rotatable bonds is 3. The fourth-order valence-corrected chi connectivity index (χ4v) is 1.93. The van der Waals surface area contributed by atoms with Crippen molar-refractivity contribution in [3.8, 4) is 0 Å². The van der Waals surface area contributed by atoms with Crippen LogP contribution in [-0.2, 0) is 10.2 Å². The van der Waals surface area contributed by atoms with Crippen molar-refractivity contribution in [2.45, 2.75) is 19.3 Å². The molecule has 0 aliphatic heterocycles. The summed E-state index contributed by atoms with van der Waals surface area (Å²) in [5.41, 5.74) is 3.85. The van der Waals surface area contributed by atoms with Gasteiger partial charge in [-0.25, -0.2) is 5.01 Å². The molecule has 1 heterocycles. The molecule has 0 radical (unpaired) electrons. The Balaban J connectivity index is 2.43. The molecule has 0 fully saturated rings. The van der Waals surface area contributed by atoms with Crippen LogP contribution >= 0.6 is 0 Å². The van der Waals surface area contributed by atoms with Crippen molar-refractivity contribution in [1.29, 1.82) is 0 Å². The summed E-state index contributed by atoms with van der Waals surface area (Å²) in [7, 11) is 3.59. The van der Waals surface area contributed by atoms with Crippen LogP contribution in [0.2, 0.25) is 0 Å². The standard InChI is InChI=1S/C14H18N2O2/c1-14(2,13(17)15-16(3)4)11-9-18-12-8-6-5-7-10(11)12/h5-9H,1-4H3,(H,15,17). The first kappa shape index (κ1) is 12.6. The van der Waals surface area contributed by atoms with Crippen LogP contribution < -0.4 is 5.43 Å². The van der Waals surface area contributed by atoms with E-state index in [0.29, 0.717) is 0 Å². The number of carbonyl (C=O) groups excluding carboxylic acids is 1. The summed E-state index contributed by atoms with van der Waals surface area (Å²) in [6.45, 7) is 3.78. The zero-order chi connectivity index (χ0) is 13.3. The van der Waals surface area contributed by atoms with E-state index in [0.717, 1.165) is 16.5 Å². The molecule has 4 nitrogen and oxygen atoms in total. The van der Waals surface area contributed by atoms with Crippen molar-refractivity contribution in [2.24, 2.45) is 0 Å². The van der Waals surface area contributed by atoms with Gasteiger partial charge in [0, 0.05) is 25.0 Å². The SMILES string of the molecule is CN(C)NC(=O)C(C)(C)c1coc2ccccc12. The molecule has 1 N–H and O–H groups in total. The van der Waals surface area contributed by atoms with Gasteiger partial charge in [-0.3, -0.25) is 10.2 Å². The summed E-state index contributed by atoms with van der Waals surface area (Å²) in [6, 6.07) is 7.74. The normalized spacial score (nSPS) is 12.1. The Hall–Kier alpha value is -1.81. The first-order valence-electron chi connectivity index (χ1n) is 5.88. The second-order valence-electron chi connectivity index (χ2n) is 5.11. The number of para-hydroxylation sites is 1. The smallest absolute Gasteiger partial charge is 0.244 e. The fourth-order valence-electron chi connectivity index (χ4n) is 1.93. The van der Waals surface area contributed by atoms with E-state index in [9.17, 15) is 4.79 Å². The number of benzene rings is 1. The van der Waals surface area contributed by atoms with Crippen molar-refractivity contribution >= 4 is 16.9 Å². The number of carbonyl (C=O) groups is 1. The molecule has 0 atom stereocenters. The first-order chi connectivity index (χ1) is 8.43. The Morgan fingerprint density at radius 1 is 1.28 bits per heavy atom. The largest absolute Gasteiger partial charge is 0.464 e. The van der Waals surface area contributed by atoms with E-state index in [-0.39, 0.29) is 5.91 Å². The van der Waals surface area contributed by atoms with Gasteiger partial charge >= 0.3 is 0 Å². The van der Waals surface area contributed by atoms with Crippen LogP contribution in [0.1, 0.15) is 19.4 Å². The maximum absolute atomic E-state index is 12.2. The Kier molecular flexibility index (Phi) is 3.13. The third-order valence-electron chi connectivity index (χ3n) is 3.05. The second kappa shape index (κ2) is 4.46. The molecule has 0 saturated carbocycles. The number of hydrazine groups is 1. The number of hydrogen-bond acceptors (Lipinski definition) is 3. The van der Waals surface area contributed by atoms with Gasteiger partial charge in [0.05, 0.1) is 11.7 Å². The molecule has 1 aromatic heterocycles. The number of fused-ring (bicyclic) bond motifs is 1. The molecule has 0 saturated heterocycles. The van der Waals surface area contributed by atoms with E-state index < -0.39 is 5.41 Å². The van der Waals surface area contributed by atoms with Crippen LogP contribution in [0.3, 0.4) is 0 Å². The second-order valence-corrected chi connectivity index (χ2v) is 5.11. The molecule has 96 valence electrons. The molecule has 0 spiro atoms. The minimum atomic E-state index is -0.642. The van der Waals surface area contributed by atoms with E-state index in [1.165, 1.54) is 0 Å². The first-order valence-corrected chi connectivity index (χ1v) is 5.88. The molecular formula is C14H18N2O2. The lowest BCUT2D eigenvalue weighted by Crippen LogP contribution is -2.46. The molecule has 4 heteroatoms. The van der Waals surface area contributed by atoms with E-state index in [4.69, 9.17) is 4.42 Å². The van der Waals surface area contributed by atoms with E-state index in [1.807, 2.05) is 38.1 Å². The van der Waals surface area contributed by atoms with Crippen LogP contribution in [0.15, 0.2) is 34.9 Å². The maximum atomic E-state index is 12.2. The highest BCUT2D eigenvalue weighted by Gasteiger charge is 2.33. The van der Waals surface area contributed by atoms with Crippen molar-refractivity contribution < 1.29 is 9.21 Å². The van der Waals surface area contributed by atoms with Gasteiger partial charge in [-0.1, -0.05) is 18.2 Å². The molecule has 1 aromatic carbocycles. The summed E-state index contributed by atoms with van der Waals surface area (Å²) in [5.74, 6) is -0.0564. The molecule has 0 unspecified atom stereocenters. The Bertz CT molecular complexity index is 570. The van der Waals surface area contributed by atoms with Crippen LogP contribution in [-0.4, -0.2) is 25.0 Å². The molecule has 2 rings (SSSR count). The topological polar surface area (TPSA) is 45.5 Å². The minimum Gasteiger partial charge on any atom is -0.464 e. The zero-order valence-electron chi connectivity index (χ0n) is 11.2.